The van der Waals surface area contributed by atoms with Crippen molar-refractivity contribution in [3.8, 4) is 39.9 Å². The number of hydrogen-bond donors (Lipinski definition) is 3. The second-order valence-corrected chi connectivity index (χ2v) is 12.0. The van der Waals surface area contributed by atoms with Gasteiger partial charge in [0.05, 0.1) is 17.8 Å². The average molecular weight is 671 g/mol. The van der Waals surface area contributed by atoms with E-state index in [4.69, 9.17) is 30.5 Å². The van der Waals surface area contributed by atoms with Gasteiger partial charge in [-0.25, -0.2) is 9.67 Å². The van der Waals surface area contributed by atoms with Crippen LogP contribution in [0.2, 0.25) is 5.02 Å². The Bertz CT molecular complexity index is 1920. The van der Waals surface area contributed by atoms with Gasteiger partial charge in [0.2, 0.25) is 0 Å². The van der Waals surface area contributed by atoms with Crippen molar-refractivity contribution in [3.63, 3.8) is 0 Å². The lowest BCUT2D eigenvalue weighted by Gasteiger charge is -2.25. The van der Waals surface area contributed by atoms with Crippen molar-refractivity contribution >= 4 is 17.6 Å². The van der Waals surface area contributed by atoms with Crippen LogP contribution in [0.4, 0.5) is 0 Å². The zero-order valence-electron chi connectivity index (χ0n) is 26.5. The van der Waals surface area contributed by atoms with E-state index >= 15 is 0 Å². The number of carboxylic acids is 1. The van der Waals surface area contributed by atoms with E-state index in [9.17, 15) is 15.0 Å². The van der Waals surface area contributed by atoms with Crippen LogP contribution in [0.3, 0.4) is 0 Å². The summed E-state index contributed by atoms with van der Waals surface area (Å²) < 4.78 is 25.6. The summed E-state index contributed by atoms with van der Waals surface area (Å²) in [6.07, 6.45) is 5.19. The van der Waals surface area contributed by atoms with E-state index in [1.807, 2.05) is 61.7 Å². The molecule has 3 heterocycles. The Morgan fingerprint density at radius 2 is 1.81 bits per heavy atom. The fourth-order valence-corrected chi connectivity index (χ4v) is 5.42. The summed E-state index contributed by atoms with van der Waals surface area (Å²) in [6.45, 7) is 4.34. The van der Waals surface area contributed by atoms with Crippen molar-refractivity contribution in [1.82, 2.24) is 20.1 Å². The van der Waals surface area contributed by atoms with Crippen molar-refractivity contribution in [2.24, 2.45) is 0 Å². The minimum absolute atomic E-state index is 0.0581. The smallest absolute Gasteiger partial charge is 0.326 e. The molecule has 0 spiro atoms. The van der Waals surface area contributed by atoms with Gasteiger partial charge in [-0.1, -0.05) is 41.9 Å². The Morgan fingerprint density at radius 1 is 1.00 bits per heavy atom. The molecule has 0 fully saturated rings. The number of aliphatic hydroxyl groups excluding tert-OH is 1. The van der Waals surface area contributed by atoms with Crippen LogP contribution in [0.25, 0.3) is 16.9 Å². The van der Waals surface area contributed by atoms with E-state index < -0.39 is 18.1 Å². The maximum absolute atomic E-state index is 11.8. The van der Waals surface area contributed by atoms with Gasteiger partial charge in [0.25, 0.3) is 0 Å². The third kappa shape index (κ3) is 7.23. The summed E-state index contributed by atoms with van der Waals surface area (Å²) >= 11 is 6.72. The van der Waals surface area contributed by atoms with Crippen molar-refractivity contribution < 1.29 is 34.0 Å². The van der Waals surface area contributed by atoms with Crippen LogP contribution >= 0.6 is 11.6 Å². The molecular weight excluding hydrogens is 636 g/mol. The SMILES string of the molecule is Cc1c(COc2cc(OCc3cnn(-c4ccccn4)c3)c(CN[C@@](C)(CO)C(=O)O)cc2Cl)cccc1-c1ccc2c(c1)OCCO2. The van der Waals surface area contributed by atoms with Gasteiger partial charge in [0, 0.05) is 36.1 Å². The molecule has 3 aromatic carbocycles. The third-order valence-electron chi connectivity index (χ3n) is 8.17. The van der Waals surface area contributed by atoms with Gasteiger partial charge in [0.1, 0.15) is 43.5 Å². The maximum atomic E-state index is 11.8. The molecule has 0 radical (unpaired) electrons. The molecule has 1 aliphatic heterocycles. The van der Waals surface area contributed by atoms with Crippen molar-refractivity contribution in [2.75, 3.05) is 19.8 Å². The molecule has 12 heteroatoms. The first-order chi connectivity index (χ1) is 23.2. The average Bonchev–Trinajstić information content (AvgIpc) is 3.59. The number of carboxylic acid groups (broad SMARTS) is 1. The normalized spacial score (nSPS) is 13.5. The molecule has 6 rings (SSSR count). The van der Waals surface area contributed by atoms with Crippen molar-refractivity contribution in [2.45, 2.75) is 39.1 Å². The van der Waals surface area contributed by atoms with Crippen molar-refractivity contribution in [1.29, 1.82) is 0 Å². The molecule has 5 aromatic rings. The van der Waals surface area contributed by atoms with E-state index in [1.165, 1.54) is 6.92 Å². The minimum atomic E-state index is -1.57. The van der Waals surface area contributed by atoms with Crippen LogP contribution in [-0.2, 0) is 24.6 Å². The van der Waals surface area contributed by atoms with Gasteiger partial charge in [-0.05, 0) is 66.4 Å². The Labute approximate surface area is 282 Å². The van der Waals surface area contributed by atoms with Gasteiger partial charge < -0.3 is 29.2 Å². The first-order valence-electron chi connectivity index (χ1n) is 15.3. The summed E-state index contributed by atoms with van der Waals surface area (Å²) in [7, 11) is 0. The highest BCUT2D eigenvalue weighted by atomic mass is 35.5. The van der Waals surface area contributed by atoms with Gasteiger partial charge in [0.15, 0.2) is 17.3 Å². The van der Waals surface area contributed by atoms with Gasteiger partial charge in [-0.3, -0.25) is 10.1 Å². The van der Waals surface area contributed by atoms with Gasteiger partial charge in [-0.15, -0.1) is 0 Å². The van der Waals surface area contributed by atoms with E-state index in [1.54, 1.807) is 29.2 Å². The number of halogens is 1. The summed E-state index contributed by atoms with van der Waals surface area (Å²) in [4.78, 5) is 16.1. The van der Waals surface area contributed by atoms with Gasteiger partial charge in [-0.2, -0.15) is 5.10 Å². The predicted molar refractivity (Wildman–Crippen MR) is 179 cm³/mol. The van der Waals surface area contributed by atoms with Crippen LogP contribution in [-0.4, -0.2) is 56.3 Å². The highest BCUT2D eigenvalue weighted by Crippen LogP contribution is 2.37. The van der Waals surface area contributed by atoms with Crippen LogP contribution < -0.4 is 24.3 Å². The number of aliphatic hydroxyl groups is 1. The Hall–Kier alpha value is -5.10. The van der Waals surface area contributed by atoms with E-state index in [-0.39, 0.29) is 19.8 Å². The molecule has 0 saturated carbocycles. The standard InChI is InChI=1S/C36H35ClN4O7/c1-23-26(6-5-7-28(23)25-9-10-30-33(15-25)46-13-12-45-30)21-48-32-16-31(27(14-29(32)37)18-39-36(2,22-42)35(43)44)47-20-24-17-40-41(19-24)34-8-3-4-11-38-34/h3-11,14-17,19,39,42H,12-13,18,20-22H2,1-2H3,(H,43,44)/t36-/m0/s1. The maximum Gasteiger partial charge on any atom is 0.326 e. The molecule has 11 nitrogen and oxygen atoms in total. The molecule has 0 unspecified atom stereocenters. The molecule has 3 N–H and O–H groups in total. The number of nitrogens with one attached hydrogen (secondary N) is 1. The predicted octanol–water partition coefficient (Wildman–Crippen LogP) is 5.75. The molecule has 1 atom stereocenters. The minimum Gasteiger partial charge on any atom is -0.488 e. The summed E-state index contributed by atoms with van der Waals surface area (Å²) in [5, 5.41) is 27.0. The van der Waals surface area contributed by atoms with Crippen molar-refractivity contribution in [3.05, 3.63) is 113 Å². The number of rotatable bonds is 13. The second-order valence-electron chi connectivity index (χ2n) is 11.5. The summed E-state index contributed by atoms with van der Waals surface area (Å²) in [5.41, 5.74) is 3.87. The largest absolute Gasteiger partial charge is 0.488 e. The molecular formula is C36H35ClN4O7. The Morgan fingerprint density at radius 3 is 2.58 bits per heavy atom. The Kier molecular flexibility index (Phi) is 9.81. The van der Waals surface area contributed by atoms with E-state index in [0.717, 1.165) is 39.3 Å². The number of pyridine rings is 1. The highest BCUT2D eigenvalue weighted by molar-refractivity contribution is 6.32. The molecule has 2 aromatic heterocycles. The highest BCUT2D eigenvalue weighted by Gasteiger charge is 2.32. The first-order valence-corrected chi connectivity index (χ1v) is 15.7. The zero-order valence-corrected chi connectivity index (χ0v) is 27.2. The topological polar surface area (TPSA) is 137 Å². The van der Waals surface area contributed by atoms with Crippen LogP contribution in [0.5, 0.6) is 23.0 Å². The zero-order chi connectivity index (χ0) is 33.7. The summed E-state index contributed by atoms with van der Waals surface area (Å²) in [5.74, 6) is 1.77. The fourth-order valence-electron chi connectivity index (χ4n) is 5.18. The number of hydrogen-bond acceptors (Lipinski definition) is 9. The third-order valence-corrected chi connectivity index (χ3v) is 8.46. The molecule has 48 heavy (non-hydrogen) atoms. The number of carbonyl (C=O) groups is 1. The number of benzene rings is 3. The van der Waals surface area contributed by atoms with Gasteiger partial charge >= 0.3 is 5.97 Å². The number of ether oxygens (including phenoxy) is 4. The van der Waals surface area contributed by atoms with E-state index in [2.05, 4.69) is 21.5 Å². The number of aromatic nitrogens is 3. The first kappa shape index (κ1) is 32.8. The second kappa shape index (κ2) is 14.3. The monoisotopic (exact) mass is 670 g/mol. The van der Waals surface area contributed by atoms with E-state index in [0.29, 0.717) is 41.1 Å². The van der Waals surface area contributed by atoms with Crippen LogP contribution in [0, 0.1) is 6.92 Å². The number of aliphatic carboxylic acids is 1. The molecule has 1 aliphatic rings. The van der Waals surface area contributed by atoms with Crippen LogP contribution in [0.1, 0.15) is 29.2 Å². The fraction of sp³-hybridized carbons (Fsp3) is 0.250. The molecule has 0 bridgehead atoms. The number of fused-ring (bicyclic) bond motifs is 1. The molecule has 0 amide bonds. The summed E-state index contributed by atoms with van der Waals surface area (Å²) in [6, 6.07) is 20.9. The lowest BCUT2D eigenvalue weighted by molar-refractivity contribution is -0.145. The Balaban J connectivity index is 1.23. The molecule has 0 aliphatic carbocycles. The quantitative estimate of drug-likeness (QED) is 0.142. The molecule has 248 valence electrons. The van der Waals surface area contributed by atoms with Crippen LogP contribution in [0.15, 0.2) is 85.3 Å². The lowest BCUT2D eigenvalue weighted by Crippen LogP contribution is -2.52. The number of nitrogens with zero attached hydrogens (tertiary/aromatic N) is 3. The molecule has 0 saturated heterocycles. The lowest BCUT2D eigenvalue weighted by atomic mass is 9.96.